The van der Waals surface area contributed by atoms with Crippen molar-refractivity contribution in [2.75, 3.05) is 0 Å². The Kier molecular flexibility index (Phi) is 3.74. The fourth-order valence-electron chi connectivity index (χ4n) is 5.46. The number of hydrogen-bond donors (Lipinski definition) is 0. The van der Waals surface area contributed by atoms with Crippen LogP contribution in [0.1, 0.15) is 5.56 Å². The van der Waals surface area contributed by atoms with E-state index in [0.717, 1.165) is 13.0 Å². The van der Waals surface area contributed by atoms with Gasteiger partial charge in [0.1, 0.15) is 0 Å². The highest BCUT2D eigenvalue weighted by atomic mass is 15.0. The molecule has 2 heterocycles. The summed E-state index contributed by atoms with van der Waals surface area (Å²) in [6.07, 6.45) is 3.28. The zero-order chi connectivity index (χ0) is 21.1. The third-order valence-corrected chi connectivity index (χ3v) is 7.03. The van der Waals surface area contributed by atoms with Gasteiger partial charge in [-0.15, -0.1) is 0 Å². The summed E-state index contributed by atoms with van der Waals surface area (Å²) in [5.74, 6) is 0. The Hall–Kier alpha value is -3.97. The van der Waals surface area contributed by atoms with Gasteiger partial charge in [-0.2, -0.15) is 4.57 Å². The molecule has 5 aromatic carbocycles. The van der Waals surface area contributed by atoms with Crippen molar-refractivity contribution in [1.29, 1.82) is 0 Å². The van der Waals surface area contributed by atoms with Crippen molar-refractivity contribution in [3.63, 3.8) is 0 Å². The molecule has 1 aromatic heterocycles. The van der Waals surface area contributed by atoms with Gasteiger partial charge in [0.15, 0.2) is 12.7 Å². The molecule has 0 N–H and O–H groups in total. The van der Waals surface area contributed by atoms with Gasteiger partial charge < -0.3 is 0 Å². The summed E-state index contributed by atoms with van der Waals surface area (Å²) in [5.41, 5.74) is 6.66. The molecule has 32 heavy (non-hydrogen) atoms. The van der Waals surface area contributed by atoms with Crippen molar-refractivity contribution < 1.29 is 4.57 Å². The van der Waals surface area contributed by atoms with Crippen LogP contribution >= 0.6 is 0 Å². The molecule has 1 aliphatic heterocycles. The zero-order valence-corrected chi connectivity index (χ0v) is 17.8. The van der Waals surface area contributed by atoms with E-state index in [0.29, 0.717) is 0 Å². The van der Waals surface area contributed by atoms with Crippen molar-refractivity contribution in [1.82, 2.24) is 0 Å². The maximum absolute atomic E-state index is 2.38. The summed E-state index contributed by atoms with van der Waals surface area (Å²) in [7, 11) is 0. The molecule has 6 aromatic rings. The van der Waals surface area contributed by atoms with Crippen molar-refractivity contribution in [3.8, 4) is 22.4 Å². The first-order valence-corrected chi connectivity index (χ1v) is 11.3. The van der Waals surface area contributed by atoms with Gasteiger partial charge in [-0.05, 0) is 67.2 Å². The zero-order valence-electron chi connectivity index (χ0n) is 17.8. The van der Waals surface area contributed by atoms with Crippen LogP contribution in [0.25, 0.3) is 54.7 Å². The normalized spacial score (nSPS) is 12.8. The van der Waals surface area contributed by atoms with Crippen LogP contribution < -0.4 is 4.57 Å². The van der Waals surface area contributed by atoms with Gasteiger partial charge in [-0.25, -0.2) is 0 Å². The highest BCUT2D eigenvalue weighted by Gasteiger charge is 2.22. The van der Waals surface area contributed by atoms with Crippen molar-refractivity contribution in [3.05, 3.63) is 115 Å². The number of rotatable bonds is 1. The highest BCUT2D eigenvalue weighted by Crippen LogP contribution is 2.38. The first-order valence-electron chi connectivity index (χ1n) is 11.3. The van der Waals surface area contributed by atoms with Crippen LogP contribution in [-0.4, -0.2) is 0 Å². The van der Waals surface area contributed by atoms with Crippen LogP contribution in [0.4, 0.5) is 0 Å². The summed E-state index contributed by atoms with van der Waals surface area (Å²) >= 11 is 0. The van der Waals surface area contributed by atoms with Crippen molar-refractivity contribution >= 4 is 32.3 Å². The van der Waals surface area contributed by atoms with Crippen molar-refractivity contribution in [2.45, 2.75) is 13.0 Å². The van der Waals surface area contributed by atoms with E-state index in [4.69, 9.17) is 0 Å². The van der Waals surface area contributed by atoms with E-state index < -0.39 is 0 Å². The lowest BCUT2D eigenvalue weighted by Crippen LogP contribution is -2.39. The predicted molar refractivity (Wildman–Crippen MR) is 134 cm³/mol. The monoisotopic (exact) mass is 408 g/mol. The molecule has 0 saturated heterocycles. The Morgan fingerprint density at radius 3 is 1.84 bits per heavy atom. The van der Waals surface area contributed by atoms with Crippen LogP contribution in [0.2, 0.25) is 0 Å². The molecule has 1 heteroatoms. The summed E-state index contributed by atoms with van der Waals surface area (Å²) in [6.45, 7) is 1.05. The fraction of sp³-hybridized carbons (Fsp3) is 0.0645. The maximum atomic E-state index is 2.38. The molecule has 0 bridgehead atoms. The Bertz CT molecular complexity index is 1640. The first-order chi connectivity index (χ1) is 15.9. The minimum atomic E-state index is 1.05. The molecule has 150 valence electrons. The number of nitrogens with zero attached hydrogens (tertiary/aromatic N) is 1. The quantitative estimate of drug-likeness (QED) is 0.198. The minimum absolute atomic E-state index is 1.05. The van der Waals surface area contributed by atoms with Gasteiger partial charge in [0.25, 0.3) is 0 Å². The molecule has 0 saturated carbocycles. The standard InChI is InChI=1S/C31H22N/c1-2-9-26-24(7-1)25-8-3-4-10-27(25)30-20-23(14-15-28(26)30)22-13-12-21-16-18-32-17-6-5-11-31(32)29(21)19-22/h1-15,17,19-20H,16,18H2/q+1. The lowest BCUT2D eigenvalue weighted by molar-refractivity contribution is -0.687. The Labute approximate surface area is 187 Å². The molecule has 0 amide bonds. The lowest BCUT2D eigenvalue weighted by atomic mass is 9.90. The van der Waals surface area contributed by atoms with Gasteiger partial charge in [-0.1, -0.05) is 72.8 Å². The van der Waals surface area contributed by atoms with Crippen LogP contribution in [-0.2, 0) is 13.0 Å². The van der Waals surface area contributed by atoms with Crippen LogP contribution in [0.3, 0.4) is 0 Å². The third kappa shape index (κ3) is 2.55. The summed E-state index contributed by atoms with van der Waals surface area (Å²) in [6, 6.07) is 38.0. The minimum Gasteiger partial charge on any atom is -0.198 e. The van der Waals surface area contributed by atoms with Gasteiger partial charge in [-0.3, -0.25) is 0 Å². The molecule has 1 aliphatic rings. The summed E-state index contributed by atoms with van der Waals surface area (Å²) in [4.78, 5) is 0. The van der Waals surface area contributed by atoms with E-state index in [-0.39, 0.29) is 0 Å². The summed E-state index contributed by atoms with van der Waals surface area (Å²) < 4.78 is 2.37. The molecule has 0 atom stereocenters. The molecule has 1 nitrogen and oxygen atoms in total. The second-order valence-electron chi connectivity index (χ2n) is 8.75. The molecule has 0 fully saturated rings. The Morgan fingerprint density at radius 2 is 1.09 bits per heavy atom. The van der Waals surface area contributed by atoms with E-state index >= 15 is 0 Å². The molecular formula is C31H22N+. The SMILES string of the molecule is c1cc[n+]2c(c1)-c1cc(-c3ccc4c5ccccc5c5ccccc5c4c3)ccc1CC2. The van der Waals surface area contributed by atoms with Crippen LogP contribution in [0.5, 0.6) is 0 Å². The van der Waals surface area contributed by atoms with E-state index in [1.807, 2.05) is 0 Å². The average Bonchev–Trinajstić information content (AvgIpc) is 2.88. The number of benzene rings is 5. The molecule has 0 unspecified atom stereocenters. The van der Waals surface area contributed by atoms with E-state index in [2.05, 4.69) is 114 Å². The average molecular weight is 409 g/mol. The topological polar surface area (TPSA) is 3.88 Å². The van der Waals surface area contributed by atoms with Gasteiger partial charge in [0.05, 0.1) is 5.56 Å². The summed E-state index contributed by atoms with van der Waals surface area (Å²) in [5, 5.41) is 7.94. The number of pyridine rings is 1. The van der Waals surface area contributed by atoms with Crippen molar-refractivity contribution in [2.24, 2.45) is 0 Å². The number of fused-ring (bicyclic) bond motifs is 9. The molecule has 0 spiro atoms. The number of aryl methyl sites for hydroxylation is 2. The molecule has 7 rings (SSSR count). The number of aromatic nitrogens is 1. The van der Waals surface area contributed by atoms with E-state index in [1.54, 1.807) is 0 Å². The second-order valence-corrected chi connectivity index (χ2v) is 8.75. The molecule has 0 aliphatic carbocycles. The lowest BCUT2D eigenvalue weighted by Gasteiger charge is -2.16. The third-order valence-electron chi connectivity index (χ3n) is 7.03. The highest BCUT2D eigenvalue weighted by molar-refractivity contribution is 6.25. The van der Waals surface area contributed by atoms with E-state index in [1.165, 1.54) is 60.3 Å². The van der Waals surface area contributed by atoms with Crippen LogP contribution in [0, 0.1) is 0 Å². The fourth-order valence-corrected chi connectivity index (χ4v) is 5.46. The largest absolute Gasteiger partial charge is 0.212 e. The smallest absolute Gasteiger partial charge is 0.198 e. The number of hydrogen-bond acceptors (Lipinski definition) is 0. The van der Waals surface area contributed by atoms with Gasteiger partial charge in [0.2, 0.25) is 5.69 Å². The Balaban J connectivity index is 1.49. The van der Waals surface area contributed by atoms with Crippen LogP contribution in [0.15, 0.2) is 109 Å². The maximum Gasteiger partial charge on any atom is 0.212 e. The second kappa shape index (κ2) is 6.77. The molecular weight excluding hydrogens is 386 g/mol. The predicted octanol–water partition coefficient (Wildman–Crippen LogP) is 7.32. The van der Waals surface area contributed by atoms with Gasteiger partial charge in [0, 0.05) is 18.6 Å². The first kappa shape index (κ1) is 17.7. The van der Waals surface area contributed by atoms with Gasteiger partial charge >= 0.3 is 0 Å². The van der Waals surface area contributed by atoms with E-state index in [9.17, 15) is 0 Å². The Morgan fingerprint density at radius 1 is 0.500 bits per heavy atom. The molecule has 0 radical (unpaired) electrons.